The summed E-state index contributed by atoms with van der Waals surface area (Å²) < 4.78 is 40.0. The van der Waals surface area contributed by atoms with Crippen molar-refractivity contribution in [3.8, 4) is 0 Å². The van der Waals surface area contributed by atoms with Gasteiger partial charge in [-0.3, -0.25) is 4.79 Å². The highest BCUT2D eigenvalue weighted by Crippen LogP contribution is 2.11. The zero-order chi connectivity index (χ0) is 12.9. The maximum atomic E-state index is 11.7. The van der Waals surface area contributed by atoms with Gasteiger partial charge in [-0.1, -0.05) is 5.16 Å². The molecule has 0 aromatic carbocycles. The molecule has 0 aliphatic rings. The van der Waals surface area contributed by atoms with Crippen LogP contribution in [-0.2, 0) is 11.3 Å². The van der Waals surface area contributed by atoms with Crippen LogP contribution < -0.4 is 10.6 Å². The van der Waals surface area contributed by atoms with Crippen molar-refractivity contribution in [3.63, 3.8) is 0 Å². The second-order valence-corrected chi connectivity index (χ2v) is 3.42. The van der Waals surface area contributed by atoms with E-state index in [0.29, 0.717) is 11.5 Å². The zero-order valence-corrected chi connectivity index (χ0v) is 9.10. The first-order valence-electron chi connectivity index (χ1n) is 4.83. The molecule has 1 aromatic heterocycles. The van der Waals surface area contributed by atoms with E-state index >= 15 is 0 Å². The van der Waals surface area contributed by atoms with Gasteiger partial charge in [-0.25, -0.2) is 0 Å². The van der Waals surface area contributed by atoms with Crippen LogP contribution in [0.4, 0.5) is 13.2 Å². The van der Waals surface area contributed by atoms with E-state index in [2.05, 4.69) is 10.5 Å². The highest BCUT2D eigenvalue weighted by Gasteiger charge is 2.27. The standard InChI is InChI=1S/C9H12F3N3O2/c1-6-2-7(15-17-6)3-13-4-8(16)14-5-9(10,11)12/h2,13H,3-5H2,1H3,(H,14,16). The highest BCUT2D eigenvalue weighted by molar-refractivity contribution is 5.77. The average Bonchev–Trinajstić information content (AvgIpc) is 2.60. The third kappa shape index (κ3) is 5.91. The molecule has 2 N–H and O–H groups in total. The van der Waals surface area contributed by atoms with Crippen LogP contribution in [0.15, 0.2) is 10.6 Å². The highest BCUT2D eigenvalue weighted by atomic mass is 19.4. The van der Waals surface area contributed by atoms with E-state index in [0.717, 1.165) is 0 Å². The summed E-state index contributed by atoms with van der Waals surface area (Å²) in [7, 11) is 0. The van der Waals surface area contributed by atoms with Gasteiger partial charge in [0.15, 0.2) is 0 Å². The van der Waals surface area contributed by atoms with Gasteiger partial charge in [0.1, 0.15) is 12.3 Å². The molecule has 96 valence electrons. The van der Waals surface area contributed by atoms with Gasteiger partial charge in [-0.05, 0) is 6.92 Å². The van der Waals surface area contributed by atoms with Crippen LogP contribution in [0.1, 0.15) is 11.5 Å². The van der Waals surface area contributed by atoms with Crippen molar-refractivity contribution in [3.05, 3.63) is 17.5 Å². The molecule has 0 saturated carbocycles. The number of amides is 1. The molecule has 0 spiro atoms. The molecule has 1 amide bonds. The Morgan fingerprint density at radius 2 is 2.24 bits per heavy atom. The molecule has 0 radical (unpaired) electrons. The van der Waals surface area contributed by atoms with Crippen LogP contribution in [-0.4, -0.2) is 30.3 Å². The Morgan fingerprint density at radius 1 is 1.53 bits per heavy atom. The molecule has 0 aliphatic heterocycles. The molecule has 0 bridgehead atoms. The Labute approximate surface area is 95.3 Å². The van der Waals surface area contributed by atoms with Gasteiger partial charge in [-0.15, -0.1) is 0 Å². The number of nitrogens with zero attached hydrogens (tertiary/aromatic N) is 1. The number of halogens is 3. The predicted molar refractivity (Wildman–Crippen MR) is 52.0 cm³/mol. The van der Waals surface area contributed by atoms with Gasteiger partial charge >= 0.3 is 6.18 Å². The number of aryl methyl sites for hydroxylation is 1. The maximum absolute atomic E-state index is 11.7. The Morgan fingerprint density at radius 3 is 2.76 bits per heavy atom. The monoisotopic (exact) mass is 251 g/mol. The molecule has 0 aliphatic carbocycles. The zero-order valence-electron chi connectivity index (χ0n) is 9.10. The van der Waals surface area contributed by atoms with Crippen LogP contribution in [0.3, 0.4) is 0 Å². The smallest absolute Gasteiger partial charge is 0.361 e. The summed E-state index contributed by atoms with van der Waals surface area (Å²) in [4.78, 5) is 11.0. The SMILES string of the molecule is Cc1cc(CNCC(=O)NCC(F)(F)F)no1. The van der Waals surface area contributed by atoms with Gasteiger partial charge < -0.3 is 15.2 Å². The predicted octanol–water partition coefficient (Wildman–Crippen LogP) is 0.751. The lowest BCUT2D eigenvalue weighted by Crippen LogP contribution is -2.39. The summed E-state index contributed by atoms with van der Waals surface area (Å²) in [5.74, 6) is -0.0918. The molecule has 0 unspecified atom stereocenters. The first kappa shape index (κ1) is 13.5. The largest absolute Gasteiger partial charge is 0.405 e. The molecule has 5 nitrogen and oxygen atoms in total. The van der Waals surface area contributed by atoms with E-state index in [1.807, 2.05) is 0 Å². The van der Waals surface area contributed by atoms with Crippen molar-refractivity contribution in [2.24, 2.45) is 0 Å². The minimum absolute atomic E-state index is 0.206. The lowest BCUT2D eigenvalue weighted by Gasteiger charge is -2.08. The van der Waals surface area contributed by atoms with Crippen molar-refractivity contribution in [1.82, 2.24) is 15.8 Å². The average molecular weight is 251 g/mol. The summed E-state index contributed by atoms with van der Waals surface area (Å²) in [6.07, 6.45) is -4.39. The molecule has 17 heavy (non-hydrogen) atoms. The minimum Gasteiger partial charge on any atom is -0.361 e. The quantitative estimate of drug-likeness (QED) is 0.810. The van der Waals surface area contributed by atoms with E-state index in [-0.39, 0.29) is 13.1 Å². The van der Waals surface area contributed by atoms with E-state index < -0.39 is 18.6 Å². The molecule has 0 fully saturated rings. The minimum atomic E-state index is -4.39. The molecule has 8 heteroatoms. The van der Waals surface area contributed by atoms with Crippen LogP contribution in [0, 0.1) is 6.92 Å². The van der Waals surface area contributed by atoms with E-state index in [9.17, 15) is 18.0 Å². The molecular formula is C9H12F3N3O2. The van der Waals surface area contributed by atoms with E-state index in [1.54, 1.807) is 18.3 Å². The van der Waals surface area contributed by atoms with Crippen molar-refractivity contribution in [1.29, 1.82) is 0 Å². The number of carbonyl (C=O) groups is 1. The fourth-order valence-electron chi connectivity index (χ4n) is 1.07. The first-order valence-corrected chi connectivity index (χ1v) is 4.83. The van der Waals surface area contributed by atoms with Crippen molar-refractivity contribution in [2.75, 3.05) is 13.1 Å². The molecule has 1 heterocycles. The number of aromatic nitrogens is 1. The second-order valence-electron chi connectivity index (χ2n) is 3.42. The summed E-state index contributed by atoms with van der Waals surface area (Å²) in [6, 6.07) is 1.67. The van der Waals surface area contributed by atoms with E-state index in [4.69, 9.17) is 4.52 Å². The Kier molecular flexibility index (Phi) is 4.50. The van der Waals surface area contributed by atoms with Gasteiger partial charge in [0.25, 0.3) is 0 Å². The lowest BCUT2D eigenvalue weighted by atomic mass is 10.4. The molecule has 1 aromatic rings. The number of carbonyl (C=O) groups excluding carboxylic acids is 1. The Bertz CT molecular complexity index is 376. The third-order valence-corrected chi connectivity index (χ3v) is 1.75. The second kappa shape index (κ2) is 5.67. The van der Waals surface area contributed by atoms with Crippen LogP contribution in [0.25, 0.3) is 0 Å². The normalized spacial score (nSPS) is 11.5. The third-order valence-electron chi connectivity index (χ3n) is 1.75. The Hall–Kier alpha value is -1.57. The van der Waals surface area contributed by atoms with Crippen molar-refractivity contribution < 1.29 is 22.5 Å². The van der Waals surface area contributed by atoms with Crippen molar-refractivity contribution in [2.45, 2.75) is 19.6 Å². The van der Waals surface area contributed by atoms with Crippen LogP contribution >= 0.6 is 0 Å². The maximum Gasteiger partial charge on any atom is 0.405 e. The van der Waals surface area contributed by atoms with Crippen molar-refractivity contribution >= 4 is 5.91 Å². The molecule has 1 rings (SSSR count). The number of rotatable bonds is 5. The summed E-state index contributed by atoms with van der Waals surface area (Å²) in [5, 5.41) is 8.04. The lowest BCUT2D eigenvalue weighted by molar-refractivity contribution is -0.137. The van der Waals surface area contributed by atoms with Crippen LogP contribution in [0.5, 0.6) is 0 Å². The summed E-state index contributed by atoms with van der Waals surface area (Å²) >= 11 is 0. The first-order chi connectivity index (χ1) is 7.87. The number of alkyl halides is 3. The van der Waals surface area contributed by atoms with Gasteiger partial charge in [0.05, 0.1) is 12.2 Å². The van der Waals surface area contributed by atoms with Gasteiger partial charge in [0.2, 0.25) is 5.91 Å². The number of hydrogen-bond acceptors (Lipinski definition) is 4. The summed E-state index contributed by atoms with van der Waals surface area (Å²) in [6.45, 7) is 0.446. The topological polar surface area (TPSA) is 67.2 Å². The molecular weight excluding hydrogens is 239 g/mol. The van der Waals surface area contributed by atoms with E-state index in [1.165, 1.54) is 0 Å². The number of hydrogen-bond donors (Lipinski definition) is 2. The van der Waals surface area contributed by atoms with Gasteiger partial charge in [0, 0.05) is 12.6 Å². The Balaban J connectivity index is 2.16. The summed E-state index contributed by atoms with van der Waals surface area (Å²) in [5.41, 5.74) is 0.589. The molecule has 0 atom stereocenters. The molecule has 0 saturated heterocycles. The number of nitrogens with one attached hydrogen (secondary N) is 2. The van der Waals surface area contributed by atoms with Gasteiger partial charge in [-0.2, -0.15) is 13.2 Å². The fraction of sp³-hybridized carbons (Fsp3) is 0.556. The van der Waals surface area contributed by atoms with Crippen LogP contribution in [0.2, 0.25) is 0 Å². The fourth-order valence-corrected chi connectivity index (χ4v) is 1.07.